The first-order chi connectivity index (χ1) is 11.3. The molecule has 0 aromatic heterocycles. The summed E-state index contributed by atoms with van der Waals surface area (Å²) in [6.07, 6.45) is 0.136. The van der Waals surface area contributed by atoms with E-state index in [4.69, 9.17) is 10.5 Å². The average Bonchev–Trinajstić information content (AvgIpc) is 2.55. The predicted octanol–water partition coefficient (Wildman–Crippen LogP) is 3.53. The van der Waals surface area contributed by atoms with E-state index in [1.165, 1.54) is 0 Å². The second-order valence-corrected chi connectivity index (χ2v) is 6.50. The van der Waals surface area contributed by atoms with Crippen molar-refractivity contribution in [2.45, 2.75) is 45.4 Å². The SMILES string of the molecule is CC(C)Oc1ccc(C(C)NC(=O)C(C)(N)c2ccccc2)cc1. The third-order valence-corrected chi connectivity index (χ3v) is 3.94. The molecule has 0 heterocycles. The summed E-state index contributed by atoms with van der Waals surface area (Å²) >= 11 is 0. The molecule has 4 nitrogen and oxygen atoms in total. The second kappa shape index (κ2) is 7.49. The molecule has 2 atom stereocenters. The molecule has 2 unspecified atom stereocenters. The fourth-order valence-electron chi connectivity index (χ4n) is 2.45. The summed E-state index contributed by atoms with van der Waals surface area (Å²) in [5.41, 5.74) is 6.97. The summed E-state index contributed by atoms with van der Waals surface area (Å²) in [5.74, 6) is 0.615. The molecule has 0 saturated carbocycles. The van der Waals surface area contributed by atoms with Gasteiger partial charge in [0.25, 0.3) is 0 Å². The molecule has 24 heavy (non-hydrogen) atoms. The highest BCUT2D eigenvalue weighted by Gasteiger charge is 2.31. The number of ether oxygens (including phenoxy) is 1. The van der Waals surface area contributed by atoms with Gasteiger partial charge in [-0.1, -0.05) is 42.5 Å². The van der Waals surface area contributed by atoms with Crippen molar-refractivity contribution in [1.29, 1.82) is 0 Å². The van der Waals surface area contributed by atoms with E-state index in [2.05, 4.69) is 5.32 Å². The molecule has 4 heteroatoms. The van der Waals surface area contributed by atoms with Crippen LogP contribution in [0.4, 0.5) is 0 Å². The number of hydrogen-bond acceptors (Lipinski definition) is 3. The quantitative estimate of drug-likeness (QED) is 0.853. The Bertz CT molecular complexity index is 664. The number of amides is 1. The first kappa shape index (κ1) is 18.0. The lowest BCUT2D eigenvalue weighted by molar-refractivity contribution is -0.126. The van der Waals surface area contributed by atoms with Gasteiger partial charge >= 0.3 is 0 Å². The minimum Gasteiger partial charge on any atom is -0.491 e. The van der Waals surface area contributed by atoms with Crippen LogP contribution in [-0.4, -0.2) is 12.0 Å². The van der Waals surface area contributed by atoms with Crippen LogP contribution in [0.1, 0.15) is 44.9 Å². The summed E-state index contributed by atoms with van der Waals surface area (Å²) < 4.78 is 5.63. The lowest BCUT2D eigenvalue weighted by Gasteiger charge is -2.26. The molecule has 2 rings (SSSR count). The van der Waals surface area contributed by atoms with Crippen molar-refractivity contribution >= 4 is 5.91 Å². The van der Waals surface area contributed by atoms with Crippen LogP contribution < -0.4 is 15.8 Å². The standard InChI is InChI=1S/C20H26N2O2/c1-14(2)24-18-12-10-16(11-13-18)15(3)22-19(23)20(4,21)17-8-6-5-7-9-17/h5-15H,21H2,1-4H3,(H,22,23). The molecule has 0 saturated heterocycles. The highest BCUT2D eigenvalue weighted by molar-refractivity contribution is 5.87. The summed E-state index contributed by atoms with van der Waals surface area (Å²) in [4.78, 5) is 12.6. The summed E-state index contributed by atoms with van der Waals surface area (Å²) in [6, 6.07) is 17.0. The van der Waals surface area contributed by atoms with E-state index < -0.39 is 5.54 Å². The Labute approximate surface area is 144 Å². The molecule has 0 fully saturated rings. The maximum absolute atomic E-state index is 12.6. The topological polar surface area (TPSA) is 64.3 Å². The second-order valence-electron chi connectivity index (χ2n) is 6.50. The zero-order valence-electron chi connectivity index (χ0n) is 14.7. The van der Waals surface area contributed by atoms with Crippen molar-refractivity contribution in [2.75, 3.05) is 0 Å². The van der Waals surface area contributed by atoms with Gasteiger partial charge in [0, 0.05) is 0 Å². The largest absolute Gasteiger partial charge is 0.491 e. The summed E-state index contributed by atoms with van der Waals surface area (Å²) in [6.45, 7) is 7.64. The summed E-state index contributed by atoms with van der Waals surface area (Å²) in [5, 5.41) is 2.99. The van der Waals surface area contributed by atoms with Gasteiger partial charge in [-0.2, -0.15) is 0 Å². The predicted molar refractivity (Wildman–Crippen MR) is 96.7 cm³/mol. The Morgan fingerprint density at radius 1 is 1.04 bits per heavy atom. The Morgan fingerprint density at radius 2 is 1.62 bits per heavy atom. The average molecular weight is 326 g/mol. The first-order valence-corrected chi connectivity index (χ1v) is 8.22. The van der Waals surface area contributed by atoms with Crippen molar-refractivity contribution in [3.05, 3.63) is 65.7 Å². The van der Waals surface area contributed by atoms with Crippen LogP contribution >= 0.6 is 0 Å². The van der Waals surface area contributed by atoms with Crippen LogP contribution in [0.25, 0.3) is 0 Å². The van der Waals surface area contributed by atoms with E-state index in [1.54, 1.807) is 6.92 Å². The van der Waals surface area contributed by atoms with Crippen LogP contribution in [0.5, 0.6) is 5.75 Å². The minimum atomic E-state index is -1.07. The Morgan fingerprint density at radius 3 is 2.17 bits per heavy atom. The summed E-state index contributed by atoms with van der Waals surface area (Å²) in [7, 11) is 0. The van der Waals surface area contributed by atoms with Crippen molar-refractivity contribution in [3.8, 4) is 5.75 Å². The zero-order chi connectivity index (χ0) is 17.7. The number of nitrogens with one attached hydrogen (secondary N) is 1. The molecule has 2 aromatic carbocycles. The molecule has 1 amide bonds. The highest BCUT2D eigenvalue weighted by atomic mass is 16.5. The van der Waals surface area contributed by atoms with Gasteiger partial charge in [0.15, 0.2) is 0 Å². The van der Waals surface area contributed by atoms with Crippen LogP contribution in [-0.2, 0) is 10.3 Å². The van der Waals surface area contributed by atoms with Gasteiger partial charge in [-0.15, -0.1) is 0 Å². The van der Waals surface area contributed by atoms with Gasteiger partial charge in [0.1, 0.15) is 11.3 Å². The van der Waals surface area contributed by atoms with Gasteiger partial charge in [0.2, 0.25) is 5.91 Å². The Kier molecular flexibility index (Phi) is 5.62. The van der Waals surface area contributed by atoms with Crippen LogP contribution in [0.15, 0.2) is 54.6 Å². The molecule has 0 aliphatic rings. The fourth-order valence-corrected chi connectivity index (χ4v) is 2.45. The number of rotatable bonds is 6. The number of carbonyl (C=O) groups excluding carboxylic acids is 1. The third-order valence-electron chi connectivity index (χ3n) is 3.94. The lowest BCUT2D eigenvalue weighted by atomic mass is 9.91. The molecule has 128 valence electrons. The fraction of sp³-hybridized carbons (Fsp3) is 0.350. The molecule has 0 aliphatic heterocycles. The van der Waals surface area contributed by atoms with Crippen molar-refractivity contribution in [3.63, 3.8) is 0 Å². The van der Waals surface area contributed by atoms with Crippen molar-refractivity contribution < 1.29 is 9.53 Å². The van der Waals surface area contributed by atoms with E-state index in [9.17, 15) is 4.79 Å². The molecule has 0 bridgehead atoms. The lowest BCUT2D eigenvalue weighted by Crippen LogP contribution is -2.49. The first-order valence-electron chi connectivity index (χ1n) is 8.22. The molecule has 0 aliphatic carbocycles. The Balaban J connectivity index is 2.06. The van der Waals surface area contributed by atoms with Crippen molar-refractivity contribution in [1.82, 2.24) is 5.32 Å². The Hall–Kier alpha value is -2.33. The molecule has 3 N–H and O–H groups in total. The maximum atomic E-state index is 12.6. The number of carbonyl (C=O) groups is 1. The van der Waals surface area contributed by atoms with Gasteiger partial charge in [-0.05, 0) is 51.0 Å². The van der Waals surface area contributed by atoms with Gasteiger partial charge in [0.05, 0.1) is 12.1 Å². The third kappa shape index (κ3) is 4.36. The molecule has 0 spiro atoms. The normalized spacial score (nSPS) is 14.8. The van der Waals surface area contributed by atoms with E-state index >= 15 is 0 Å². The molecular weight excluding hydrogens is 300 g/mol. The number of hydrogen-bond donors (Lipinski definition) is 2. The maximum Gasteiger partial charge on any atom is 0.244 e. The van der Waals surface area contributed by atoms with E-state index in [0.717, 1.165) is 16.9 Å². The molecule has 0 radical (unpaired) electrons. The molecular formula is C20H26N2O2. The monoisotopic (exact) mass is 326 g/mol. The van der Waals surface area contributed by atoms with Gasteiger partial charge in [-0.3, -0.25) is 4.79 Å². The van der Waals surface area contributed by atoms with E-state index in [0.29, 0.717) is 0 Å². The van der Waals surface area contributed by atoms with E-state index in [1.807, 2.05) is 75.4 Å². The molecule has 2 aromatic rings. The van der Waals surface area contributed by atoms with Crippen LogP contribution in [0.3, 0.4) is 0 Å². The number of benzene rings is 2. The van der Waals surface area contributed by atoms with Crippen LogP contribution in [0, 0.1) is 0 Å². The minimum absolute atomic E-state index is 0.136. The van der Waals surface area contributed by atoms with Crippen molar-refractivity contribution in [2.24, 2.45) is 5.73 Å². The van der Waals surface area contributed by atoms with E-state index in [-0.39, 0.29) is 18.1 Å². The van der Waals surface area contributed by atoms with Crippen LogP contribution in [0.2, 0.25) is 0 Å². The van der Waals surface area contributed by atoms with Gasteiger partial charge < -0.3 is 15.8 Å². The smallest absolute Gasteiger partial charge is 0.244 e. The van der Waals surface area contributed by atoms with Gasteiger partial charge in [-0.25, -0.2) is 0 Å². The number of nitrogens with two attached hydrogens (primary N) is 1. The highest BCUT2D eigenvalue weighted by Crippen LogP contribution is 2.22. The zero-order valence-corrected chi connectivity index (χ0v) is 14.7.